The zero-order chi connectivity index (χ0) is 18.3. The Morgan fingerprint density at radius 2 is 2.00 bits per heavy atom. The second kappa shape index (κ2) is 10.1. The molecule has 0 aliphatic carbocycles. The van der Waals surface area contributed by atoms with E-state index in [-0.39, 0.29) is 31.4 Å². The normalized spacial score (nSPS) is 21.4. The van der Waals surface area contributed by atoms with Gasteiger partial charge in [-0.15, -0.1) is 24.8 Å². The first-order valence-electron chi connectivity index (χ1n) is 9.60. The van der Waals surface area contributed by atoms with Crippen molar-refractivity contribution in [1.29, 1.82) is 0 Å². The number of hydrogen-bond donors (Lipinski definition) is 2. The highest BCUT2D eigenvalue weighted by Gasteiger charge is 2.43. The van der Waals surface area contributed by atoms with Crippen LogP contribution in [0.25, 0.3) is 11.0 Å². The molecule has 2 fully saturated rings. The van der Waals surface area contributed by atoms with Gasteiger partial charge in [0.25, 0.3) is 0 Å². The number of hydrogen-bond acceptors (Lipinski definition) is 5. The Morgan fingerprint density at radius 1 is 1.25 bits per heavy atom. The molecule has 4 rings (SSSR count). The second-order valence-electron chi connectivity index (χ2n) is 7.33. The van der Waals surface area contributed by atoms with E-state index in [2.05, 4.69) is 34.7 Å². The lowest BCUT2D eigenvalue weighted by atomic mass is 10.2. The molecule has 28 heavy (non-hydrogen) atoms. The lowest BCUT2D eigenvalue weighted by Crippen LogP contribution is -2.47. The number of aliphatic hydroxyl groups excluding tert-OH is 1. The number of nitrogens with one attached hydrogen (secondary N) is 1. The number of piperazine rings is 1. The SMILES string of the molecule is CCC(CC)Sc1nc2cc(N3C[C@@H]4C[C@@H]3CN4CCO)c(Cl)cc2[nH]1.Cl.Cl. The fraction of sp³-hybridized carbons (Fsp3) is 0.632. The average Bonchev–Trinajstić information content (AvgIpc) is 3.32. The number of rotatable bonds is 7. The Labute approximate surface area is 188 Å². The van der Waals surface area contributed by atoms with E-state index < -0.39 is 0 Å². The molecule has 9 heteroatoms. The van der Waals surface area contributed by atoms with E-state index in [9.17, 15) is 5.11 Å². The van der Waals surface area contributed by atoms with Crippen molar-refractivity contribution in [3.63, 3.8) is 0 Å². The van der Waals surface area contributed by atoms with Crippen molar-refractivity contribution < 1.29 is 5.11 Å². The molecule has 0 amide bonds. The molecule has 0 radical (unpaired) electrons. The molecular weight excluding hydrogens is 439 g/mol. The molecule has 2 aliphatic rings. The van der Waals surface area contributed by atoms with Gasteiger partial charge in [0.2, 0.25) is 0 Å². The van der Waals surface area contributed by atoms with E-state index in [4.69, 9.17) is 16.6 Å². The summed E-state index contributed by atoms with van der Waals surface area (Å²) in [6, 6.07) is 5.17. The molecule has 2 saturated heterocycles. The van der Waals surface area contributed by atoms with Crippen molar-refractivity contribution in [2.24, 2.45) is 0 Å². The number of likely N-dealkylation sites (tertiary alicyclic amines) is 1. The maximum Gasteiger partial charge on any atom is 0.166 e. The zero-order valence-electron chi connectivity index (χ0n) is 16.2. The number of fused-ring (bicyclic) bond motifs is 3. The van der Waals surface area contributed by atoms with E-state index in [0.29, 0.717) is 17.3 Å². The van der Waals surface area contributed by atoms with Crippen molar-refractivity contribution in [2.45, 2.75) is 55.6 Å². The Bertz CT molecular complexity index is 786. The summed E-state index contributed by atoms with van der Waals surface area (Å²) in [5, 5.41) is 11.6. The number of aliphatic hydroxyl groups is 1. The van der Waals surface area contributed by atoms with Gasteiger partial charge in [-0.25, -0.2) is 4.98 Å². The summed E-state index contributed by atoms with van der Waals surface area (Å²) >= 11 is 8.46. The molecule has 2 bridgehead atoms. The highest BCUT2D eigenvalue weighted by Crippen LogP contribution is 2.39. The van der Waals surface area contributed by atoms with Crippen molar-refractivity contribution in [3.05, 3.63) is 17.2 Å². The Balaban J connectivity index is 0.00000140. The maximum absolute atomic E-state index is 9.21. The van der Waals surface area contributed by atoms with Gasteiger partial charge in [-0.1, -0.05) is 37.2 Å². The van der Waals surface area contributed by atoms with Gasteiger partial charge < -0.3 is 15.0 Å². The molecule has 2 atom stereocenters. The van der Waals surface area contributed by atoms with E-state index in [1.54, 1.807) is 0 Å². The summed E-state index contributed by atoms with van der Waals surface area (Å²) in [7, 11) is 0. The number of aromatic nitrogens is 2. The van der Waals surface area contributed by atoms with Crippen LogP contribution >= 0.6 is 48.2 Å². The summed E-state index contributed by atoms with van der Waals surface area (Å²) in [5.41, 5.74) is 3.10. The van der Waals surface area contributed by atoms with Crippen LogP contribution in [0.5, 0.6) is 0 Å². The fourth-order valence-corrected chi connectivity index (χ4v) is 5.57. The van der Waals surface area contributed by atoms with Crippen molar-refractivity contribution in [1.82, 2.24) is 14.9 Å². The molecule has 1 aromatic carbocycles. The summed E-state index contributed by atoms with van der Waals surface area (Å²) in [5.74, 6) is 0. The Morgan fingerprint density at radius 3 is 2.61 bits per heavy atom. The number of halogens is 3. The van der Waals surface area contributed by atoms with Gasteiger partial charge in [0, 0.05) is 37.0 Å². The first-order chi connectivity index (χ1) is 12.6. The van der Waals surface area contributed by atoms with Gasteiger partial charge in [0.1, 0.15) is 0 Å². The molecular formula is C19H29Cl3N4OS. The Kier molecular flexibility index (Phi) is 8.62. The number of thioether (sulfide) groups is 1. The topological polar surface area (TPSA) is 55.4 Å². The number of anilines is 1. The maximum atomic E-state index is 9.21. The van der Waals surface area contributed by atoms with Gasteiger partial charge in [-0.2, -0.15) is 0 Å². The molecule has 0 unspecified atom stereocenters. The van der Waals surface area contributed by atoms with Gasteiger partial charge in [0.15, 0.2) is 5.16 Å². The monoisotopic (exact) mass is 466 g/mol. The van der Waals surface area contributed by atoms with Crippen LogP contribution in [-0.2, 0) is 0 Å². The minimum Gasteiger partial charge on any atom is -0.395 e. The van der Waals surface area contributed by atoms with Crippen molar-refractivity contribution >= 4 is 64.9 Å². The van der Waals surface area contributed by atoms with Crippen LogP contribution in [0.1, 0.15) is 33.1 Å². The van der Waals surface area contributed by atoms with Crippen LogP contribution in [0.4, 0.5) is 5.69 Å². The third-order valence-corrected chi connectivity index (χ3v) is 7.49. The van der Waals surface area contributed by atoms with E-state index >= 15 is 0 Å². The summed E-state index contributed by atoms with van der Waals surface area (Å²) < 4.78 is 0. The van der Waals surface area contributed by atoms with Crippen LogP contribution in [0.15, 0.2) is 17.3 Å². The summed E-state index contributed by atoms with van der Waals surface area (Å²) in [6.45, 7) is 7.45. The molecule has 158 valence electrons. The average molecular weight is 468 g/mol. The molecule has 2 aromatic rings. The first kappa shape index (κ1) is 23.9. The molecule has 3 heterocycles. The fourth-order valence-electron chi connectivity index (χ4n) is 4.33. The number of β-amino-alcohol motifs (C(OH)–C–C–N with tert-alkyl or cyclic N) is 1. The van der Waals surface area contributed by atoms with E-state index in [1.807, 2.05) is 17.8 Å². The number of H-pyrrole nitrogens is 1. The second-order valence-corrected chi connectivity index (χ2v) is 9.03. The molecule has 2 N–H and O–H groups in total. The first-order valence-corrected chi connectivity index (χ1v) is 10.9. The number of imidazole rings is 1. The third kappa shape index (κ3) is 4.52. The summed E-state index contributed by atoms with van der Waals surface area (Å²) in [4.78, 5) is 13.1. The molecule has 2 aliphatic heterocycles. The standard InChI is InChI=1S/C19H27ClN4OS.2ClH/c1-3-14(4-2)26-19-21-16-8-15(20)18(9-17(16)22-19)24-11-12-7-13(24)10-23(12)5-6-25;;/h8-9,12-14,25H,3-7,10-11H2,1-2H3,(H,21,22);2*1H/t12-,13+;;/m0../s1. The quantitative estimate of drug-likeness (QED) is 0.583. The van der Waals surface area contributed by atoms with Crippen LogP contribution < -0.4 is 4.90 Å². The van der Waals surface area contributed by atoms with E-state index in [1.165, 1.54) is 0 Å². The predicted molar refractivity (Wildman–Crippen MR) is 124 cm³/mol. The van der Waals surface area contributed by atoms with Gasteiger partial charge >= 0.3 is 0 Å². The van der Waals surface area contributed by atoms with Crippen LogP contribution in [-0.4, -0.2) is 63.5 Å². The highest BCUT2D eigenvalue weighted by molar-refractivity contribution is 7.99. The van der Waals surface area contributed by atoms with Gasteiger partial charge in [-0.3, -0.25) is 4.90 Å². The Hall–Kier alpha value is -0.370. The largest absolute Gasteiger partial charge is 0.395 e. The number of aromatic amines is 1. The zero-order valence-corrected chi connectivity index (χ0v) is 19.4. The lowest BCUT2D eigenvalue weighted by molar-refractivity contribution is 0.177. The molecule has 0 saturated carbocycles. The van der Waals surface area contributed by atoms with Crippen LogP contribution in [0.3, 0.4) is 0 Å². The highest BCUT2D eigenvalue weighted by atomic mass is 35.5. The lowest BCUT2D eigenvalue weighted by Gasteiger charge is -2.35. The van der Waals surface area contributed by atoms with Gasteiger partial charge in [-0.05, 0) is 31.4 Å². The van der Waals surface area contributed by atoms with E-state index in [0.717, 1.165) is 65.8 Å². The molecule has 5 nitrogen and oxygen atoms in total. The van der Waals surface area contributed by atoms with Crippen LogP contribution in [0.2, 0.25) is 5.02 Å². The number of nitrogens with zero attached hydrogens (tertiary/aromatic N) is 3. The van der Waals surface area contributed by atoms with Crippen LogP contribution in [0, 0.1) is 0 Å². The molecule has 1 aromatic heterocycles. The molecule has 0 spiro atoms. The third-order valence-electron chi connectivity index (χ3n) is 5.77. The smallest absolute Gasteiger partial charge is 0.166 e. The van der Waals surface area contributed by atoms with Crippen molar-refractivity contribution in [2.75, 3.05) is 31.1 Å². The van der Waals surface area contributed by atoms with Crippen molar-refractivity contribution in [3.8, 4) is 0 Å². The van der Waals surface area contributed by atoms with Gasteiger partial charge in [0.05, 0.1) is 28.4 Å². The predicted octanol–water partition coefficient (Wildman–Crippen LogP) is 4.60. The summed E-state index contributed by atoms with van der Waals surface area (Å²) in [6.07, 6.45) is 3.45. The minimum atomic E-state index is 0. The minimum absolute atomic E-state index is 0. The number of benzene rings is 1.